The molecule has 2 heterocycles. The molecule has 1 aromatic heterocycles. The van der Waals surface area contributed by atoms with E-state index in [1.165, 1.54) is 16.8 Å². The van der Waals surface area contributed by atoms with Crippen LogP contribution >= 0.6 is 11.3 Å². The second-order valence-corrected chi connectivity index (χ2v) is 3.07. The molecule has 0 aliphatic carbocycles. The second kappa shape index (κ2) is 2.67. The number of imide groups is 1. The summed E-state index contributed by atoms with van der Waals surface area (Å²) in [4.78, 5) is 26.9. The lowest BCUT2D eigenvalue weighted by atomic mass is 10.5. The summed E-state index contributed by atoms with van der Waals surface area (Å²) in [5.41, 5.74) is 1.51. The molecule has 0 radical (unpaired) electrons. The van der Waals surface area contributed by atoms with Gasteiger partial charge in [-0.1, -0.05) is 0 Å². The maximum atomic E-state index is 11.2. The van der Waals surface area contributed by atoms with Gasteiger partial charge in [0.15, 0.2) is 11.6 Å². The topological polar surface area (TPSA) is 70.5 Å². The lowest BCUT2D eigenvalue weighted by Crippen LogP contribution is -2.30. The van der Waals surface area contributed by atoms with E-state index in [0.29, 0.717) is 0 Å². The van der Waals surface area contributed by atoms with Crippen molar-refractivity contribution in [2.75, 3.05) is 4.90 Å². The Hall–Kier alpha value is -1.69. The van der Waals surface area contributed by atoms with Crippen LogP contribution in [0.4, 0.5) is 5.82 Å². The Balaban J connectivity index is 2.39. The van der Waals surface area contributed by atoms with Crippen LogP contribution in [0.3, 0.4) is 0 Å². The van der Waals surface area contributed by atoms with Crippen LogP contribution in [0.1, 0.15) is 0 Å². The van der Waals surface area contributed by atoms with Crippen molar-refractivity contribution >= 4 is 29.0 Å². The number of carbonyl (C=O) groups is 2. The summed E-state index contributed by atoms with van der Waals surface area (Å²) < 4.78 is 0. The van der Waals surface area contributed by atoms with Crippen molar-refractivity contribution in [1.82, 2.24) is 4.98 Å². The lowest BCUT2D eigenvalue weighted by Gasteiger charge is -2.08. The highest BCUT2D eigenvalue weighted by Crippen LogP contribution is 2.20. The summed E-state index contributed by atoms with van der Waals surface area (Å²) in [5, 5.41) is 10.5. The molecule has 1 N–H and O–H groups in total. The number of nitrogens with zero attached hydrogens (tertiary/aromatic N) is 2. The van der Waals surface area contributed by atoms with Crippen LogP contribution in [0.2, 0.25) is 0 Å². The van der Waals surface area contributed by atoms with E-state index in [4.69, 9.17) is 5.11 Å². The molecule has 1 aliphatic rings. The fraction of sp³-hybridized carbons (Fsp3) is 0. The third-order valence-corrected chi connectivity index (χ3v) is 2.13. The van der Waals surface area contributed by atoms with Crippen molar-refractivity contribution in [2.24, 2.45) is 0 Å². The van der Waals surface area contributed by atoms with Crippen LogP contribution in [-0.2, 0) is 9.59 Å². The van der Waals surface area contributed by atoms with Gasteiger partial charge in [-0.15, -0.1) is 11.3 Å². The Bertz CT molecular complexity index is 396. The maximum absolute atomic E-state index is 11.2. The minimum Gasteiger partial charge on any atom is -0.503 e. The lowest BCUT2D eigenvalue weighted by molar-refractivity contribution is -0.121. The number of amides is 2. The molecule has 0 aromatic carbocycles. The van der Waals surface area contributed by atoms with Gasteiger partial charge in [-0.3, -0.25) is 9.59 Å². The van der Waals surface area contributed by atoms with Crippen molar-refractivity contribution in [1.29, 1.82) is 0 Å². The Morgan fingerprint density at radius 1 is 1.46 bits per heavy atom. The summed E-state index contributed by atoms with van der Waals surface area (Å²) in [6, 6.07) is 0. The molecule has 5 nitrogen and oxygen atoms in total. The first-order valence-corrected chi connectivity index (χ1v) is 4.31. The van der Waals surface area contributed by atoms with E-state index >= 15 is 0 Å². The summed E-state index contributed by atoms with van der Waals surface area (Å²) in [5.74, 6) is -1.58. The van der Waals surface area contributed by atoms with Gasteiger partial charge in [-0.2, -0.15) is 0 Å². The minimum absolute atomic E-state index is 0.250. The molecule has 0 fully saturated rings. The van der Waals surface area contributed by atoms with E-state index in [1.54, 1.807) is 5.38 Å². The average Bonchev–Trinajstić information content (AvgIpc) is 2.63. The monoisotopic (exact) mass is 196 g/mol. The zero-order valence-electron chi connectivity index (χ0n) is 6.30. The summed E-state index contributed by atoms with van der Waals surface area (Å²) >= 11 is 1.27. The molecule has 2 rings (SSSR count). The standard InChI is InChI=1S/C7H4N2O3S/c10-4-1-6(11)9(7(4)12)5-2-13-3-8-5/h1-3,10H. The number of carbonyl (C=O) groups excluding carboxylic acids is 2. The van der Waals surface area contributed by atoms with Crippen LogP contribution in [0.5, 0.6) is 0 Å². The average molecular weight is 196 g/mol. The second-order valence-electron chi connectivity index (χ2n) is 2.36. The first kappa shape index (κ1) is 7.93. The molecule has 0 spiro atoms. The number of thiazole rings is 1. The van der Waals surface area contributed by atoms with Crippen LogP contribution in [0.15, 0.2) is 22.7 Å². The van der Waals surface area contributed by atoms with Gasteiger partial charge in [0.25, 0.3) is 5.91 Å². The highest BCUT2D eigenvalue weighted by Gasteiger charge is 2.33. The van der Waals surface area contributed by atoms with Gasteiger partial charge in [-0.05, 0) is 0 Å². The first-order valence-electron chi connectivity index (χ1n) is 3.37. The normalized spacial score (nSPS) is 16.6. The predicted octanol–water partition coefficient (Wildman–Crippen LogP) is 0.458. The van der Waals surface area contributed by atoms with E-state index in [9.17, 15) is 9.59 Å². The van der Waals surface area contributed by atoms with Crippen molar-refractivity contribution in [3.8, 4) is 0 Å². The van der Waals surface area contributed by atoms with Crippen molar-refractivity contribution < 1.29 is 14.7 Å². The van der Waals surface area contributed by atoms with E-state index < -0.39 is 17.6 Å². The van der Waals surface area contributed by atoms with Gasteiger partial charge >= 0.3 is 5.91 Å². The molecule has 1 aliphatic heterocycles. The fourth-order valence-corrected chi connectivity index (χ4v) is 1.51. The van der Waals surface area contributed by atoms with Crippen LogP contribution in [-0.4, -0.2) is 21.9 Å². The Morgan fingerprint density at radius 3 is 2.69 bits per heavy atom. The van der Waals surface area contributed by atoms with Crippen LogP contribution in [0, 0.1) is 0 Å². The minimum atomic E-state index is -0.726. The summed E-state index contributed by atoms with van der Waals surface area (Å²) in [7, 11) is 0. The number of anilines is 1. The zero-order valence-corrected chi connectivity index (χ0v) is 7.11. The third-order valence-electron chi connectivity index (χ3n) is 1.55. The molecule has 1 aromatic rings. The van der Waals surface area contributed by atoms with Crippen molar-refractivity contribution in [3.63, 3.8) is 0 Å². The molecule has 0 atom stereocenters. The molecule has 0 bridgehead atoms. The van der Waals surface area contributed by atoms with Gasteiger partial charge in [0.05, 0.1) is 11.6 Å². The van der Waals surface area contributed by atoms with Gasteiger partial charge in [0, 0.05) is 5.38 Å². The first-order chi connectivity index (χ1) is 6.20. The van der Waals surface area contributed by atoms with Crippen molar-refractivity contribution in [3.05, 3.63) is 22.7 Å². The van der Waals surface area contributed by atoms with Gasteiger partial charge in [0.2, 0.25) is 0 Å². The zero-order chi connectivity index (χ0) is 9.42. The Labute approximate surface area is 76.9 Å². The summed E-state index contributed by atoms with van der Waals surface area (Å²) in [6.45, 7) is 0. The molecular weight excluding hydrogens is 192 g/mol. The SMILES string of the molecule is O=C1C=C(O)C(=O)N1c1cscn1. The molecular formula is C7H4N2O3S. The smallest absolute Gasteiger partial charge is 0.301 e. The highest BCUT2D eigenvalue weighted by molar-refractivity contribution is 7.08. The molecule has 6 heteroatoms. The van der Waals surface area contributed by atoms with Gasteiger partial charge in [0.1, 0.15) is 0 Å². The van der Waals surface area contributed by atoms with E-state index in [0.717, 1.165) is 11.0 Å². The molecule has 13 heavy (non-hydrogen) atoms. The number of hydrogen-bond donors (Lipinski definition) is 1. The van der Waals surface area contributed by atoms with E-state index in [-0.39, 0.29) is 5.82 Å². The molecule has 0 saturated carbocycles. The number of aliphatic hydroxyl groups is 1. The third kappa shape index (κ3) is 1.11. The van der Waals surface area contributed by atoms with Crippen LogP contribution < -0.4 is 4.90 Å². The quantitative estimate of drug-likeness (QED) is 0.662. The molecule has 2 amide bonds. The summed E-state index contributed by atoms with van der Waals surface area (Å²) in [6.07, 6.45) is 0.877. The van der Waals surface area contributed by atoms with Crippen LogP contribution in [0.25, 0.3) is 0 Å². The van der Waals surface area contributed by atoms with E-state index in [2.05, 4.69) is 4.98 Å². The number of hydrogen-bond acceptors (Lipinski definition) is 5. The molecule has 66 valence electrons. The molecule has 0 unspecified atom stereocenters. The largest absolute Gasteiger partial charge is 0.503 e. The fourth-order valence-electron chi connectivity index (χ4n) is 0.991. The highest BCUT2D eigenvalue weighted by atomic mass is 32.1. The number of rotatable bonds is 1. The Morgan fingerprint density at radius 2 is 2.23 bits per heavy atom. The molecule has 0 saturated heterocycles. The van der Waals surface area contributed by atoms with Gasteiger partial charge in [-0.25, -0.2) is 9.88 Å². The van der Waals surface area contributed by atoms with Crippen molar-refractivity contribution in [2.45, 2.75) is 0 Å². The maximum Gasteiger partial charge on any atom is 0.301 e. The predicted molar refractivity (Wildman–Crippen MR) is 45.3 cm³/mol. The number of aliphatic hydroxyl groups excluding tert-OH is 1. The van der Waals surface area contributed by atoms with Gasteiger partial charge < -0.3 is 5.11 Å². The Kier molecular flexibility index (Phi) is 1.63. The number of aromatic nitrogens is 1. The van der Waals surface area contributed by atoms with E-state index in [1.807, 2.05) is 0 Å².